The molecule has 0 spiro atoms. The molecule has 1 aromatic heterocycles. The number of halogens is 2. The van der Waals surface area contributed by atoms with Crippen molar-refractivity contribution in [1.82, 2.24) is 9.97 Å². The topological polar surface area (TPSA) is 90.1 Å². The highest BCUT2D eigenvalue weighted by molar-refractivity contribution is 6.38. The highest BCUT2D eigenvalue weighted by Gasteiger charge is 2.14. The van der Waals surface area contributed by atoms with Crippen molar-refractivity contribution in [3.05, 3.63) is 40.4 Å². The standard InChI is InChI=1S/C12H10Cl2N4O2/c1-20-8-3-2-6(4-7(8)15)12(19)18-9-10(13)16-5-17-11(9)14/h2-5H,15H2,1H3,(H,18,19). The van der Waals surface area contributed by atoms with Crippen molar-refractivity contribution in [3.63, 3.8) is 0 Å². The minimum absolute atomic E-state index is 0.0554. The highest BCUT2D eigenvalue weighted by atomic mass is 35.5. The van der Waals surface area contributed by atoms with Crippen LogP contribution >= 0.6 is 23.2 Å². The minimum atomic E-state index is -0.432. The van der Waals surface area contributed by atoms with Gasteiger partial charge in [0.1, 0.15) is 17.8 Å². The summed E-state index contributed by atoms with van der Waals surface area (Å²) < 4.78 is 5.02. The average molecular weight is 313 g/mol. The molecule has 0 bridgehead atoms. The van der Waals surface area contributed by atoms with Crippen LogP contribution in [0.25, 0.3) is 0 Å². The van der Waals surface area contributed by atoms with E-state index in [2.05, 4.69) is 15.3 Å². The van der Waals surface area contributed by atoms with E-state index in [9.17, 15) is 4.79 Å². The lowest BCUT2D eigenvalue weighted by Crippen LogP contribution is -2.13. The molecule has 0 aliphatic carbocycles. The minimum Gasteiger partial charge on any atom is -0.495 e. The van der Waals surface area contributed by atoms with Crippen LogP contribution < -0.4 is 15.8 Å². The van der Waals surface area contributed by atoms with Gasteiger partial charge in [-0.3, -0.25) is 4.79 Å². The van der Waals surface area contributed by atoms with Crippen molar-refractivity contribution in [1.29, 1.82) is 0 Å². The second-order valence-electron chi connectivity index (χ2n) is 3.74. The molecule has 0 saturated heterocycles. The molecule has 0 atom stereocenters. The molecule has 1 heterocycles. The Morgan fingerprint density at radius 2 is 1.95 bits per heavy atom. The Bertz CT molecular complexity index is 644. The fraction of sp³-hybridized carbons (Fsp3) is 0.0833. The third-order valence-electron chi connectivity index (χ3n) is 2.49. The van der Waals surface area contributed by atoms with Gasteiger partial charge in [0.05, 0.1) is 12.8 Å². The number of nitrogens with zero attached hydrogens (tertiary/aromatic N) is 2. The van der Waals surface area contributed by atoms with Crippen LogP contribution in [-0.2, 0) is 0 Å². The average Bonchev–Trinajstić information content (AvgIpc) is 2.42. The number of anilines is 2. The summed E-state index contributed by atoms with van der Waals surface area (Å²) in [6.45, 7) is 0. The van der Waals surface area contributed by atoms with Crippen LogP contribution in [0.1, 0.15) is 10.4 Å². The zero-order valence-corrected chi connectivity index (χ0v) is 11.9. The first kappa shape index (κ1) is 14.4. The van der Waals surface area contributed by atoms with Gasteiger partial charge in [-0.1, -0.05) is 23.2 Å². The van der Waals surface area contributed by atoms with Crippen LogP contribution in [0.3, 0.4) is 0 Å². The molecular formula is C12H10Cl2N4O2. The van der Waals surface area contributed by atoms with Crippen LogP contribution in [0.2, 0.25) is 10.3 Å². The highest BCUT2D eigenvalue weighted by Crippen LogP contribution is 2.27. The van der Waals surface area contributed by atoms with E-state index in [1.54, 1.807) is 12.1 Å². The van der Waals surface area contributed by atoms with E-state index in [1.165, 1.54) is 19.5 Å². The van der Waals surface area contributed by atoms with E-state index < -0.39 is 5.91 Å². The summed E-state index contributed by atoms with van der Waals surface area (Å²) in [5, 5.41) is 2.65. The summed E-state index contributed by atoms with van der Waals surface area (Å²) in [5.41, 5.74) is 6.57. The first-order valence-corrected chi connectivity index (χ1v) is 6.19. The maximum absolute atomic E-state index is 12.1. The predicted molar refractivity (Wildman–Crippen MR) is 77.4 cm³/mol. The number of amides is 1. The van der Waals surface area contributed by atoms with Gasteiger partial charge in [-0.15, -0.1) is 0 Å². The molecule has 1 aromatic carbocycles. The summed E-state index contributed by atoms with van der Waals surface area (Å²) >= 11 is 11.7. The maximum Gasteiger partial charge on any atom is 0.255 e. The van der Waals surface area contributed by atoms with Crippen LogP contribution in [0, 0.1) is 0 Å². The molecule has 0 saturated carbocycles. The van der Waals surface area contributed by atoms with Crippen molar-refractivity contribution >= 4 is 40.5 Å². The molecule has 0 unspecified atom stereocenters. The van der Waals surface area contributed by atoms with Gasteiger partial charge < -0.3 is 15.8 Å². The molecular weight excluding hydrogens is 303 g/mol. The van der Waals surface area contributed by atoms with Crippen molar-refractivity contribution in [2.75, 3.05) is 18.2 Å². The Balaban J connectivity index is 2.26. The second-order valence-corrected chi connectivity index (χ2v) is 4.46. The fourth-order valence-electron chi connectivity index (χ4n) is 1.51. The maximum atomic E-state index is 12.1. The molecule has 1 amide bonds. The largest absolute Gasteiger partial charge is 0.495 e. The van der Waals surface area contributed by atoms with Crippen LogP contribution in [0.15, 0.2) is 24.5 Å². The van der Waals surface area contributed by atoms with Gasteiger partial charge in [0.2, 0.25) is 0 Å². The van der Waals surface area contributed by atoms with Crippen molar-refractivity contribution < 1.29 is 9.53 Å². The molecule has 3 N–H and O–H groups in total. The number of carbonyl (C=O) groups excluding carboxylic acids is 1. The van der Waals surface area contributed by atoms with Gasteiger partial charge in [-0.25, -0.2) is 9.97 Å². The van der Waals surface area contributed by atoms with Gasteiger partial charge in [0.25, 0.3) is 5.91 Å². The Morgan fingerprint density at radius 1 is 1.30 bits per heavy atom. The quantitative estimate of drug-likeness (QED) is 0.671. The summed E-state index contributed by atoms with van der Waals surface area (Å²) in [5.74, 6) is 0.0543. The molecule has 104 valence electrons. The molecule has 0 aliphatic rings. The molecule has 2 aromatic rings. The Labute approximate surface area is 124 Å². The fourth-order valence-corrected chi connectivity index (χ4v) is 1.92. The predicted octanol–water partition coefficient (Wildman–Crippen LogP) is 2.63. The van der Waals surface area contributed by atoms with E-state index >= 15 is 0 Å². The van der Waals surface area contributed by atoms with Gasteiger partial charge in [-0.2, -0.15) is 0 Å². The lowest BCUT2D eigenvalue weighted by Gasteiger charge is -2.09. The smallest absolute Gasteiger partial charge is 0.255 e. The summed E-state index contributed by atoms with van der Waals surface area (Å²) in [6.07, 6.45) is 1.20. The number of methoxy groups -OCH3 is 1. The molecule has 0 fully saturated rings. The van der Waals surface area contributed by atoms with Crippen LogP contribution in [0.5, 0.6) is 5.75 Å². The van der Waals surface area contributed by atoms with E-state index in [1.807, 2.05) is 0 Å². The van der Waals surface area contributed by atoms with Crippen molar-refractivity contribution in [2.24, 2.45) is 0 Å². The summed E-state index contributed by atoms with van der Waals surface area (Å²) in [7, 11) is 1.49. The molecule has 0 aliphatic heterocycles. The lowest BCUT2D eigenvalue weighted by molar-refractivity contribution is 0.102. The van der Waals surface area contributed by atoms with Gasteiger partial charge in [0, 0.05) is 5.56 Å². The molecule has 20 heavy (non-hydrogen) atoms. The molecule has 6 nitrogen and oxygen atoms in total. The first-order valence-electron chi connectivity index (χ1n) is 5.43. The van der Waals surface area contributed by atoms with Crippen molar-refractivity contribution in [2.45, 2.75) is 0 Å². The number of nitrogen functional groups attached to an aromatic ring is 1. The number of benzene rings is 1. The Hall–Kier alpha value is -2.05. The summed E-state index contributed by atoms with van der Waals surface area (Å²) in [6, 6.07) is 4.64. The van der Waals surface area contributed by atoms with Crippen molar-refractivity contribution in [3.8, 4) is 5.75 Å². The third kappa shape index (κ3) is 2.92. The van der Waals surface area contributed by atoms with Crippen LogP contribution in [0.4, 0.5) is 11.4 Å². The van der Waals surface area contributed by atoms with Gasteiger partial charge >= 0.3 is 0 Å². The Kier molecular flexibility index (Phi) is 4.26. The van der Waals surface area contributed by atoms with Gasteiger partial charge in [-0.05, 0) is 18.2 Å². The monoisotopic (exact) mass is 312 g/mol. The number of nitrogens with one attached hydrogen (secondary N) is 1. The number of rotatable bonds is 3. The lowest BCUT2D eigenvalue weighted by atomic mass is 10.1. The van der Waals surface area contributed by atoms with E-state index in [0.717, 1.165) is 0 Å². The van der Waals surface area contributed by atoms with Gasteiger partial charge in [0.15, 0.2) is 10.3 Å². The first-order chi connectivity index (χ1) is 9.52. The molecule has 2 rings (SSSR count). The second kappa shape index (κ2) is 5.94. The van der Waals surface area contributed by atoms with Crippen LogP contribution in [-0.4, -0.2) is 23.0 Å². The normalized spacial score (nSPS) is 10.2. The number of ether oxygens (including phenoxy) is 1. The molecule has 8 heteroatoms. The number of aromatic nitrogens is 2. The van der Waals surface area contributed by atoms with E-state index in [0.29, 0.717) is 17.0 Å². The Morgan fingerprint density at radius 3 is 2.50 bits per heavy atom. The van der Waals surface area contributed by atoms with E-state index in [-0.39, 0.29) is 16.0 Å². The third-order valence-corrected chi connectivity index (χ3v) is 3.06. The van der Waals surface area contributed by atoms with E-state index in [4.69, 9.17) is 33.7 Å². The number of hydrogen-bond acceptors (Lipinski definition) is 5. The summed E-state index contributed by atoms with van der Waals surface area (Å²) in [4.78, 5) is 19.6. The zero-order valence-electron chi connectivity index (χ0n) is 10.4. The number of hydrogen-bond donors (Lipinski definition) is 2. The number of carbonyl (C=O) groups is 1. The number of nitrogens with two attached hydrogens (primary N) is 1. The SMILES string of the molecule is COc1ccc(C(=O)Nc2c(Cl)ncnc2Cl)cc1N. The molecule has 0 radical (unpaired) electrons. The zero-order chi connectivity index (χ0) is 14.7.